The van der Waals surface area contributed by atoms with E-state index in [2.05, 4.69) is 45.3 Å². The van der Waals surface area contributed by atoms with Crippen molar-refractivity contribution in [3.8, 4) is 5.69 Å². The van der Waals surface area contributed by atoms with Gasteiger partial charge >= 0.3 is 0 Å². The van der Waals surface area contributed by atoms with Crippen molar-refractivity contribution in [2.45, 2.75) is 25.9 Å². The zero-order valence-electron chi connectivity index (χ0n) is 14.5. The molecule has 2 fully saturated rings. The molecule has 0 unspecified atom stereocenters. The van der Waals surface area contributed by atoms with E-state index in [-0.39, 0.29) is 0 Å². The van der Waals surface area contributed by atoms with Gasteiger partial charge in [-0.3, -0.25) is 9.80 Å². The molecule has 5 nitrogen and oxygen atoms in total. The Labute approximate surface area is 144 Å². The highest BCUT2D eigenvalue weighted by atomic mass is 15.3. The summed E-state index contributed by atoms with van der Waals surface area (Å²) in [6.45, 7) is 10.4. The van der Waals surface area contributed by atoms with Crippen molar-refractivity contribution in [2.24, 2.45) is 0 Å². The van der Waals surface area contributed by atoms with Crippen molar-refractivity contribution in [2.75, 3.05) is 39.3 Å². The van der Waals surface area contributed by atoms with Gasteiger partial charge in [0.2, 0.25) is 0 Å². The zero-order chi connectivity index (χ0) is 16.4. The fourth-order valence-electron chi connectivity index (χ4n) is 3.90. The zero-order valence-corrected chi connectivity index (χ0v) is 14.5. The number of hydrogen-bond acceptors (Lipinski definition) is 4. The van der Waals surface area contributed by atoms with E-state index in [0.29, 0.717) is 0 Å². The van der Waals surface area contributed by atoms with Gasteiger partial charge in [-0.15, -0.1) is 0 Å². The monoisotopic (exact) mass is 325 g/mol. The maximum Gasteiger partial charge on any atom is 0.0648 e. The van der Waals surface area contributed by atoms with Gasteiger partial charge in [0.15, 0.2) is 0 Å². The number of nitrogens with zero attached hydrogens (tertiary/aromatic N) is 4. The lowest BCUT2D eigenvalue weighted by atomic mass is 10.1. The summed E-state index contributed by atoms with van der Waals surface area (Å²) in [6, 6.07) is 9.41. The Morgan fingerprint density at radius 3 is 2.75 bits per heavy atom. The summed E-state index contributed by atoms with van der Waals surface area (Å²) in [4.78, 5) is 5.26. The minimum atomic E-state index is 0.766. The third-order valence-corrected chi connectivity index (χ3v) is 5.45. The summed E-state index contributed by atoms with van der Waals surface area (Å²) in [7, 11) is 0. The van der Waals surface area contributed by atoms with Crippen molar-refractivity contribution in [1.82, 2.24) is 24.9 Å². The van der Waals surface area contributed by atoms with E-state index in [1.165, 1.54) is 56.8 Å². The van der Waals surface area contributed by atoms with E-state index in [9.17, 15) is 0 Å². The van der Waals surface area contributed by atoms with Crippen LogP contribution in [0.3, 0.4) is 0 Å². The number of nitrogens with one attached hydrogen (secondary N) is 1. The van der Waals surface area contributed by atoms with Crippen LogP contribution in [0.25, 0.3) is 5.69 Å². The lowest BCUT2D eigenvalue weighted by Gasteiger charge is -2.38. The maximum atomic E-state index is 4.31. The second kappa shape index (κ2) is 7.05. The Kier molecular flexibility index (Phi) is 4.65. The van der Waals surface area contributed by atoms with E-state index in [1.807, 2.05) is 23.1 Å². The van der Waals surface area contributed by atoms with Crippen molar-refractivity contribution in [1.29, 1.82) is 0 Å². The highest BCUT2D eigenvalue weighted by Crippen LogP contribution is 2.18. The Bertz CT molecular complexity index is 652. The van der Waals surface area contributed by atoms with Crippen molar-refractivity contribution in [3.63, 3.8) is 0 Å². The molecule has 2 aromatic rings. The van der Waals surface area contributed by atoms with Crippen LogP contribution in [0, 0.1) is 6.92 Å². The second-order valence-corrected chi connectivity index (χ2v) is 7.02. The lowest BCUT2D eigenvalue weighted by molar-refractivity contribution is 0.0980. The molecule has 0 radical (unpaired) electrons. The minimum absolute atomic E-state index is 0.766. The average Bonchev–Trinajstić information content (AvgIpc) is 3.31. The molecule has 128 valence electrons. The number of piperazine rings is 1. The molecule has 1 aromatic carbocycles. The molecular formula is C19H27N5. The van der Waals surface area contributed by atoms with Crippen molar-refractivity contribution < 1.29 is 0 Å². The van der Waals surface area contributed by atoms with Crippen molar-refractivity contribution >= 4 is 0 Å². The van der Waals surface area contributed by atoms with Crippen molar-refractivity contribution in [3.05, 3.63) is 47.8 Å². The van der Waals surface area contributed by atoms with E-state index in [1.54, 1.807) is 0 Å². The Hall–Kier alpha value is -1.69. The number of aryl methyl sites for hydroxylation is 1. The largest absolute Gasteiger partial charge is 0.315 e. The molecule has 2 aliphatic heterocycles. The maximum absolute atomic E-state index is 4.31. The lowest BCUT2D eigenvalue weighted by Crippen LogP contribution is -2.50. The van der Waals surface area contributed by atoms with Gasteiger partial charge in [0, 0.05) is 57.7 Å². The van der Waals surface area contributed by atoms with Gasteiger partial charge in [0.1, 0.15) is 0 Å². The van der Waals surface area contributed by atoms with Gasteiger partial charge in [-0.1, -0.05) is 6.07 Å². The van der Waals surface area contributed by atoms with Gasteiger partial charge in [0.05, 0.1) is 5.69 Å². The Morgan fingerprint density at radius 1 is 1.21 bits per heavy atom. The SMILES string of the molecule is Cc1cc(-n2cccn2)ccc1CN1CCN([C@H]2CCNC2)CC1. The quantitative estimate of drug-likeness (QED) is 0.927. The van der Waals surface area contributed by atoms with Crippen LogP contribution in [-0.4, -0.2) is 64.9 Å². The fourth-order valence-corrected chi connectivity index (χ4v) is 3.90. The molecule has 24 heavy (non-hydrogen) atoms. The highest BCUT2D eigenvalue weighted by molar-refractivity contribution is 5.39. The number of benzene rings is 1. The average molecular weight is 325 g/mol. The van der Waals surface area contributed by atoms with Crippen LogP contribution in [0.15, 0.2) is 36.7 Å². The molecule has 1 aromatic heterocycles. The van der Waals surface area contributed by atoms with Crippen LogP contribution in [0.5, 0.6) is 0 Å². The molecule has 0 spiro atoms. The third-order valence-electron chi connectivity index (χ3n) is 5.45. The summed E-state index contributed by atoms with van der Waals surface area (Å²) >= 11 is 0. The summed E-state index contributed by atoms with van der Waals surface area (Å²) < 4.78 is 1.92. The van der Waals surface area contributed by atoms with E-state index < -0.39 is 0 Å². The molecule has 1 atom stereocenters. The Balaban J connectivity index is 1.36. The Morgan fingerprint density at radius 2 is 2.08 bits per heavy atom. The summed E-state index contributed by atoms with van der Waals surface area (Å²) in [6.07, 6.45) is 5.13. The summed E-state index contributed by atoms with van der Waals surface area (Å²) in [5.74, 6) is 0. The first kappa shape index (κ1) is 15.8. The topological polar surface area (TPSA) is 36.3 Å². The van der Waals surface area contributed by atoms with Crippen LogP contribution < -0.4 is 5.32 Å². The molecule has 0 aliphatic carbocycles. The molecule has 0 saturated carbocycles. The van der Waals surface area contributed by atoms with E-state index >= 15 is 0 Å². The number of hydrogen-bond donors (Lipinski definition) is 1. The van der Waals surface area contributed by atoms with Crippen LogP contribution in [0.2, 0.25) is 0 Å². The minimum Gasteiger partial charge on any atom is -0.315 e. The normalized spacial score (nSPS) is 23.0. The first-order valence-electron chi connectivity index (χ1n) is 9.06. The standard InChI is InChI=1S/C19H27N5/c1-16-13-18(24-8-2-6-21-24)4-3-17(16)15-22-9-11-23(12-10-22)19-5-7-20-14-19/h2-4,6,8,13,19-20H,5,7,9-12,14-15H2,1H3/t19-/m0/s1. The molecule has 4 rings (SSSR count). The smallest absolute Gasteiger partial charge is 0.0648 e. The summed E-state index contributed by atoms with van der Waals surface area (Å²) in [5, 5.41) is 7.80. The summed E-state index contributed by atoms with van der Waals surface area (Å²) in [5.41, 5.74) is 3.92. The molecular weight excluding hydrogens is 298 g/mol. The first-order chi connectivity index (χ1) is 11.8. The molecule has 1 N–H and O–H groups in total. The van der Waals surface area contributed by atoms with Crippen LogP contribution in [0.4, 0.5) is 0 Å². The molecule has 0 amide bonds. The van der Waals surface area contributed by atoms with Gasteiger partial charge in [-0.05, 0) is 49.2 Å². The highest BCUT2D eigenvalue weighted by Gasteiger charge is 2.26. The number of rotatable bonds is 4. The van der Waals surface area contributed by atoms with Gasteiger partial charge < -0.3 is 5.32 Å². The van der Waals surface area contributed by atoms with Crippen LogP contribution >= 0.6 is 0 Å². The molecule has 0 bridgehead atoms. The predicted octanol–water partition coefficient (Wildman–Crippen LogP) is 1.66. The molecule has 2 saturated heterocycles. The van der Waals surface area contributed by atoms with Gasteiger partial charge in [-0.25, -0.2) is 4.68 Å². The molecule has 3 heterocycles. The number of aromatic nitrogens is 2. The fraction of sp³-hybridized carbons (Fsp3) is 0.526. The first-order valence-corrected chi connectivity index (χ1v) is 9.06. The van der Waals surface area contributed by atoms with E-state index in [4.69, 9.17) is 0 Å². The van der Waals surface area contributed by atoms with E-state index in [0.717, 1.165) is 18.3 Å². The van der Waals surface area contributed by atoms with Gasteiger partial charge in [-0.2, -0.15) is 5.10 Å². The molecule has 2 aliphatic rings. The molecule has 5 heteroatoms. The van der Waals surface area contributed by atoms with Crippen LogP contribution in [-0.2, 0) is 6.54 Å². The van der Waals surface area contributed by atoms with Gasteiger partial charge in [0.25, 0.3) is 0 Å². The third kappa shape index (κ3) is 3.38. The second-order valence-electron chi connectivity index (χ2n) is 7.02. The predicted molar refractivity (Wildman–Crippen MR) is 96.4 cm³/mol. The van der Waals surface area contributed by atoms with Crippen LogP contribution in [0.1, 0.15) is 17.5 Å².